The number of aryl methyl sites for hydroxylation is 2. The molecule has 0 fully saturated rings. The van der Waals surface area contributed by atoms with Gasteiger partial charge in [-0.3, -0.25) is 0 Å². The van der Waals surface area contributed by atoms with Crippen LogP contribution in [0.15, 0.2) is 34.4 Å². The van der Waals surface area contributed by atoms with E-state index in [9.17, 15) is 0 Å². The fraction of sp³-hybridized carbons (Fsp3) is 0.500. The molecule has 1 aliphatic carbocycles. The summed E-state index contributed by atoms with van der Waals surface area (Å²) >= 11 is 2.43. The van der Waals surface area contributed by atoms with Gasteiger partial charge in [0, 0.05) is 0 Å². The molecule has 1 aliphatic heterocycles. The van der Waals surface area contributed by atoms with Crippen LogP contribution in [0.25, 0.3) is 0 Å². The number of hydrogen-bond acceptors (Lipinski definition) is 1. The van der Waals surface area contributed by atoms with E-state index in [1.807, 2.05) is 0 Å². The molecule has 0 aromatic heterocycles. The minimum atomic E-state index is 0. The van der Waals surface area contributed by atoms with Crippen LogP contribution in [-0.2, 0) is 30.6 Å². The first-order valence-electron chi connectivity index (χ1n) is 8.25. The Balaban J connectivity index is 0.00000192. The smallest absolute Gasteiger partial charge is 1.00 e. The Labute approximate surface area is 183 Å². The summed E-state index contributed by atoms with van der Waals surface area (Å²) in [5, 5.41) is 0. The molecule has 0 bridgehead atoms. The average molecular weight is 435 g/mol. The molecule has 1 aromatic rings. The van der Waals surface area contributed by atoms with E-state index in [4.69, 9.17) is 0 Å². The predicted molar refractivity (Wildman–Crippen MR) is 91.2 cm³/mol. The Morgan fingerprint density at radius 2 is 1.44 bits per heavy atom. The van der Waals surface area contributed by atoms with Gasteiger partial charge in [0.05, 0.1) is 0 Å². The number of hydrogen-bond donors (Lipinski definition) is 0. The molecule has 0 spiro atoms. The van der Waals surface area contributed by atoms with Crippen molar-refractivity contribution in [2.75, 3.05) is 18.5 Å². The Morgan fingerprint density at radius 1 is 0.920 bits per heavy atom. The number of anilines is 1. The second-order valence-corrected chi connectivity index (χ2v) is 8.27. The molecular weight excluding hydrogens is 408 g/mol. The Hall–Kier alpha value is 0.0843. The van der Waals surface area contributed by atoms with E-state index in [0.717, 1.165) is 0 Å². The standard InChI is InChI=1S/C20H26N.3ClH.Ti/c1-12-10-17-8-7-9-21(6)20(17)18(11-12)19-15(4)13(2)14(3)16(19)5;;;;/h10-11H,7-9H2,1-6H3;3*1H;/q;;;;+3/p-3. The van der Waals surface area contributed by atoms with Crippen molar-refractivity contribution in [2.24, 2.45) is 0 Å². The predicted octanol–water partition coefficient (Wildman–Crippen LogP) is -4.18. The summed E-state index contributed by atoms with van der Waals surface area (Å²) in [7, 11) is 2.26. The maximum Gasteiger partial charge on any atom is -1.00 e. The Kier molecular flexibility index (Phi) is 8.88. The van der Waals surface area contributed by atoms with Gasteiger partial charge in [0.2, 0.25) is 0 Å². The fourth-order valence-electron chi connectivity index (χ4n) is 4.21. The third-order valence-electron chi connectivity index (χ3n) is 5.87. The minimum Gasteiger partial charge on any atom is -1.00 e. The topological polar surface area (TPSA) is 3.24 Å². The first kappa shape index (κ1) is 25.1. The molecule has 1 aromatic carbocycles. The van der Waals surface area contributed by atoms with Crippen molar-refractivity contribution in [3.8, 4) is 0 Å². The van der Waals surface area contributed by atoms with Gasteiger partial charge in [0.1, 0.15) is 0 Å². The molecule has 0 N–H and O–H groups in total. The maximum atomic E-state index is 2.47. The van der Waals surface area contributed by atoms with Crippen LogP contribution in [0.3, 0.4) is 0 Å². The molecule has 0 atom stereocenters. The van der Waals surface area contributed by atoms with Crippen molar-refractivity contribution in [1.82, 2.24) is 0 Å². The normalized spacial score (nSPS) is 18.3. The molecule has 136 valence electrons. The third-order valence-corrected chi connectivity index (χ3v) is 7.46. The van der Waals surface area contributed by atoms with Crippen molar-refractivity contribution < 1.29 is 57.7 Å². The van der Waals surface area contributed by atoms with E-state index >= 15 is 0 Å². The van der Waals surface area contributed by atoms with Crippen LogP contribution < -0.4 is 42.1 Å². The number of nitrogens with zero attached hydrogens (tertiary/aromatic N) is 1. The van der Waals surface area contributed by atoms with Gasteiger partial charge in [0.15, 0.2) is 0 Å². The van der Waals surface area contributed by atoms with Crippen LogP contribution in [-0.4, -0.2) is 13.6 Å². The van der Waals surface area contributed by atoms with Crippen LogP contribution in [0, 0.1) is 6.92 Å². The molecule has 1 nitrogen and oxygen atoms in total. The van der Waals surface area contributed by atoms with Crippen LogP contribution in [0.2, 0.25) is 0 Å². The maximum absolute atomic E-state index is 2.47. The van der Waals surface area contributed by atoms with Crippen molar-refractivity contribution >= 4 is 5.69 Å². The van der Waals surface area contributed by atoms with Gasteiger partial charge in [-0.05, 0) is 0 Å². The second-order valence-electron chi connectivity index (χ2n) is 7.10. The molecule has 5 heteroatoms. The van der Waals surface area contributed by atoms with Gasteiger partial charge in [-0.15, -0.1) is 0 Å². The van der Waals surface area contributed by atoms with E-state index < -0.39 is 0 Å². The van der Waals surface area contributed by atoms with Gasteiger partial charge in [-0.25, -0.2) is 0 Å². The van der Waals surface area contributed by atoms with Gasteiger partial charge in [0.25, 0.3) is 0 Å². The summed E-state index contributed by atoms with van der Waals surface area (Å²) in [6.45, 7) is 12.6. The van der Waals surface area contributed by atoms with E-state index in [-0.39, 0.29) is 40.9 Å². The van der Waals surface area contributed by atoms with Crippen LogP contribution in [0.4, 0.5) is 5.69 Å². The summed E-state index contributed by atoms with van der Waals surface area (Å²) < 4.78 is 0.0515. The minimum absolute atomic E-state index is 0. The molecule has 25 heavy (non-hydrogen) atoms. The summed E-state index contributed by atoms with van der Waals surface area (Å²) in [6.07, 6.45) is 2.48. The number of allylic oxidation sites excluding steroid dienone is 4. The van der Waals surface area contributed by atoms with Crippen LogP contribution in [0.5, 0.6) is 0 Å². The fourth-order valence-corrected chi connectivity index (χ4v) is 5.09. The molecule has 0 unspecified atom stereocenters. The first-order chi connectivity index (χ1) is 10.3. The number of fused-ring (bicyclic) bond motifs is 1. The molecule has 2 aliphatic rings. The Morgan fingerprint density at radius 3 is 1.96 bits per heavy atom. The van der Waals surface area contributed by atoms with Crippen molar-refractivity contribution in [1.29, 1.82) is 0 Å². The second kappa shape index (κ2) is 8.85. The zero-order valence-electron chi connectivity index (χ0n) is 15.9. The molecule has 0 amide bonds. The van der Waals surface area contributed by atoms with Gasteiger partial charge in [-0.2, -0.15) is 0 Å². The summed E-state index contributed by atoms with van der Waals surface area (Å²) in [5.74, 6) is 0. The number of halogens is 3. The van der Waals surface area contributed by atoms with Crippen LogP contribution >= 0.6 is 0 Å². The molecule has 1 heterocycles. The SMILES string of the molecule is CC1=C(C)[C]([Ti+3])(c2cc(C)cc3c2N(C)CCC3)C(C)=C1C.[Cl-].[Cl-].[Cl-]. The van der Waals surface area contributed by atoms with E-state index in [0.29, 0.717) is 0 Å². The monoisotopic (exact) mass is 433 g/mol. The number of benzene rings is 1. The van der Waals surface area contributed by atoms with Crippen molar-refractivity contribution in [2.45, 2.75) is 51.2 Å². The largest absolute Gasteiger partial charge is 1.00 e. The zero-order valence-corrected chi connectivity index (χ0v) is 19.7. The molecular formula is C20H26Cl3NTi. The van der Waals surface area contributed by atoms with Crippen LogP contribution in [0.1, 0.15) is 50.8 Å². The van der Waals surface area contributed by atoms with Crippen molar-refractivity contribution in [3.05, 3.63) is 51.1 Å². The molecule has 3 rings (SSSR count). The molecule has 0 saturated carbocycles. The third kappa shape index (κ3) is 3.73. The Bertz CT molecular complexity index is 698. The van der Waals surface area contributed by atoms with E-state index in [1.165, 1.54) is 64.1 Å². The van der Waals surface area contributed by atoms with Gasteiger partial charge in [-0.1, -0.05) is 0 Å². The molecule has 0 saturated heterocycles. The summed E-state index contributed by atoms with van der Waals surface area (Å²) in [4.78, 5) is 2.47. The quantitative estimate of drug-likeness (QED) is 0.406. The summed E-state index contributed by atoms with van der Waals surface area (Å²) in [6, 6.07) is 4.82. The van der Waals surface area contributed by atoms with E-state index in [2.05, 4.69) is 79.1 Å². The summed E-state index contributed by atoms with van der Waals surface area (Å²) in [5.41, 5.74) is 11.9. The van der Waals surface area contributed by atoms with Gasteiger partial charge < -0.3 is 37.2 Å². The zero-order chi connectivity index (χ0) is 16.2. The van der Waals surface area contributed by atoms with Gasteiger partial charge >= 0.3 is 147 Å². The van der Waals surface area contributed by atoms with E-state index in [1.54, 1.807) is 0 Å². The van der Waals surface area contributed by atoms with Crippen molar-refractivity contribution in [3.63, 3.8) is 0 Å². The molecule has 0 radical (unpaired) electrons. The average Bonchev–Trinajstić information content (AvgIpc) is 2.63. The first-order valence-corrected chi connectivity index (χ1v) is 9.03. The number of rotatable bonds is 1.